The highest BCUT2D eigenvalue weighted by Gasteiger charge is 2.13. The van der Waals surface area contributed by atoms with Gasteiger partial charge in [0.05, 0.1) is 4.90 Å². The van der Waals surface area contributed by atoms with Gasteiger partial charge in [0.2, 0.25) is 10.0 Å². The molecule has 1 aromatic carbocycles. The third-order valence-corrected chi connectivity index (χ3v) is 5.13. The SMILES string of the molecule is CCCNS(=O)(=O)c1ccc(CC(Br)CC(C)C)cc1. The monoisotopic (exact) mass is 361 g/mol. The zero-order valence-corrected chi connectivity index (χ0v) is 14.8. The molecule has 0 spiro atoms. The summed E-state index contributed by atoms with van der Waals surface area (Å²) in [5, 5.41) is 0. The van der Waals surface area contributed by atoms with Crippen LogP contribution in [0.4, 0.5) is 0 Å². The number of nitrogens with one attached hydrogen (secondary N) is 1. The van der Waals surface area contributed by atoms with Gasteiger partial charge in [0.1, 0.15) is 0 Å². The molecule has 0 fully saturated rings. The molecule has 1 atom stereocenters. The average Bonchev–Trinajstić information content (AvgIpc) is 2.36. The fraction of sp³-hybridized carbons (Fsp3) is 0.600. The average molecular weight is 362 g/mol. The summed E-state index contributed by atoms with van der Waals surface area (Å²) in [5.41, 5.74) is 1.15. The topological polar surface area (TPSA) is 46.2 Å². The van der Waals surface area contributed by atoms with Crippen LogP contribution in [0.1, 0.15) is 39.2 Å². The summed E-state index contributed by atoms with van der Waals surface area (Å²) in [6, 6.07) is 7.16. The van der Waals surface area contributed by atoms with E-state index < -0.39 is 10.0 Å². The predicted molar refractivity (Wildman–Crippen MR) is 87.8 cm³/mol. The fourth-order valence-electron chi connectivity index (χ4n) is 1.98. The summed E-state index contributed by atoms with van der Waals surface area (Å²) >= 11 is 3.68. The van der Waals surface area contributed by atoms with E-state index in [1.54, 1.807) is 12.1 Å². The Hall–Kier alpha value is -0.390. The van der Waals surface area contributed by atoms with Crippen LogP contribution in [0.5, 0.6) is 0 Å². The molecule has 0 aliphatic rings. The number of sulfonamides is 1. The predicted octanol–water partition coefficient (Wildman–Crippen LogP) is 3.73. The molecule has 5 heteroatoms. The molecule has 1 aromatic rings. The van der Waals surface area contributed by atoms with E-state index in [4.69, 9.17) is 0 Å². The van der Waals surface area contributed by atoms with Crippen LogP contribution < -0.4 is 4.72 Å². The Kier molecular flexibility index (Phi) is 7.20. The Morgan fingerprint density at radius 2 is 1.80 bits per heavy atom. The molecule has 0 bridgehead atoms. The lowest BCUT2D eigenvalue weighted by molar-refractivity contribution is 0.571. The maximum atomic E-state index is 11.9. The summed E-state index contributed by atoms with van der Waals surface area (Å²) in [5.74, 6) is 0.650. The van der Waals surface area contributed by atoms with Crippen molar-refractivity contribution in [2.45, 2.75) is 49.8 Å². The third-order valence-electron chi connectivity index (χ3n) is 2.96. The van der Waals surface area contributed by atoms with Gasteiger partial charge in [0.15, 0.2) is 0 Å². The van der Waals surface area contributed by atoms with E-state index in [-0.39, 0.29) is 0 Å². The van der Waals surface area contributed by atoms with E-state index in [0.29, 0.717) is 22.2 Å². The normalized spacial score (nSPS) is 13.7. The maximum absolute atomic E-state index is 11.9. The summed E-state index contributed by atoms with van der Waals surface area (Å²) in [4.78, 5) is 0.771. The minimum Gasteiger partial charge on any atom is -0.211 e. The molecule has 1 N–H and O–H groups in total. The van der Waals surface area contributed by atoms with Gasteiger partial charge in [-0.25, -0.2) is 13.1 Å². The van der Waals surface area contributed by atoms with Gasteiger partial charge in [0, 0.05) is 11.4 Å². The van der Waals surface area contributed by atoms with E-state index >= 15 is 0 Å². The molecule has 0 aromatic heterocycles. The molecular formula is C15H24BrNO2S. The lowest BCUT2D eigenvalue weighted by atomic mass is 10.0. The zero-order valence-electron chi connectivity index (χ0n) is 12.4. The molecule has 0 amide bonds. The molecule has 20 heavy (non-hydrogen) atoms. The summed E-state index contributed by atoms with van der Waals surface area (Å²) in [6.07, 6.45) is 2.82. The van der Waals surface area contributed by atoms with Crippen molar-refractivity contribution in [2.24, 2.45) is 5.92 Å². The van der Waals surface area contributed by atoms with Crippen molar-refractivity contribution in [1.82, 2.24) is 4.72 Å². The quantitative estimate of drug-likeness (QED) is 0.717. The van der Waals surface area contributed by atoms with Crippen LogP contribution in [-0.4, -0.2) is 19.8 Å². The lowest BCUT2D eigenvalue weighted by Gasteiger charge is -2.12. The number of hydrogen-bond acceptors (Lipinski definition) is 2. The maximum Gasteiger partial charge on any atom is 0.240 e. The Morgan fingerprint density at radius 3 is 2.30 bits per heavy atom. The third kappa shape index (κ3) is 5.94. The van der Waals surface area contributed by atoms with Gasteiger partial charge in [-0.3, -0.25) is 0 Å². The minimum atomic E-state index is -3.35. The van der Waals surface area contributed by atoms with Gasteiger partial charge in [-0.1, -0.05) is 48.8 Å². The van der Waals surface area contributed by atoms with Crippen LogP contribution in [0.2, 0.25) is 0 Å². The van der Waals surface area contributed by atoms with Crippen molar-refractivity contribution in [3.8, 4) is 0 Å². The highest BCUT2D eigenvalue weighted by atomic mass is 79.9. The van der Waals surface area contributed by atoms with Crippen LogP contribution in [0, 0.1) is 5.92 Å². The van der Waals surface area contributed by atoms with Gasteiger partial charge >= 0.3 is 0 Å². The molecule has 0 heterocycles. The molecule has 1 unspecified atom stereocenters. The van der Waals surface area contributed by atoms with Gasteiger partial charge in [-0.05, 0) is 42.9 Å². The van der Waals surface area contributed by atoms with Crippen molar-refractivity contribution < 1.29 is 8.42 Å². The van der Waals surface area contributed by atoms with E-state index in [1.807, 2.05) is 19.1 Å². The highest BCUT2D eigenvalue weighted by molar-refractivity contribution is 9.09. The molecule has 0 saturated carbocycles. The standard InChI is InChI=1S/C15H24BrNO2S/c1-4-9-17-20(18,19)15-7-5-13(6-8-15)11-14(16)10-12(2)3/h5-8,12,14,17H,4,9-11H2,1-3H3. The Bertz CT molecular complexity index is 497. The first-order valence-corrected chi connectivity index (χ1v) is 9.47. The Morgan fingerprint density at radius 1 is 1.20 bits per heavy atom. The van der Waals surface area contributed by atoms with Gasteiger partial charge in [0.25, 0.3) is 0 Å². The van der Waals surface area contributed by atoms with Gasteiger partial charge in [-0.15, -0.1) is 0 Å². The molecular weight excluding hydrogens is 338 g/mol. The zero-order chi connectivity index (χ0) is 15.2. The molecule has 114 valence electrons. The summed E-state index contributed by atoms with van der Waals surface area (Å²) < 4.78 is 26.5. The van der Waals surface area contributed by atoms with Gasteiger partial charge < -0.3 is 0 Å². The number of alkyl halides is 1. The molecule has 1 rings (SSSR count). The molecule has 0 saturated heterocycles. The molecule has 0 aliphatic heterocycles. The minimum absolute atomic E-state index is 0.338. The van der Waals surface area contributed by atoms with Gasteiger partial charge in [-0.2, -0.15) is 0 Å². The van der Waals surface area contributed by atoms with Crippen LogP contribution >= 0.6 is 15.9 Å². The van der Waals surface area contributed by atoms with Crippen LogP contribution in [0.3, 0.4) is 0 Å². The van der Waals surface area contributed by atoms with E-state index in [2.05, 4.69) is 34.5 Å². The van der Waals surface area contributed by atoms with Crippen molar-refractivity contribution in [3.05, 3.63) is 29.8 Å². The summed E-state index contributed by atoms with van der Waals surface area (Å²) in [6.45, 7) is 6.81. The highest BCUT2D eigenvalue weighted by Crippen LogP contribution is 2.19. The molecule has 0 aliphatic carbocycles. The molecule has 0 radical (unpaired) electrons. The first kappa shape index (κ1) is 17.7. The lowest BCUT2D eigenvalue weighted by Crippen LogP contribution is -2.24. The largest absolute Gasteiger partial charge is 0.240 e. The number of benzene rings is 1. The second-order valence-corrected chi connectivity index (χ2v) is 8.53. The fourth-order valence-corrected chi connectivity index (χ4v) is 4.23. The van der Waals surface area contributed by atoms with Crippen LogP contribution in [0.15, 0.2) is 29.2 Å². The van der Waals surface area contributed by atoms with Crippen molar-refractivity contribution in [3.63, 3.8) is 0 Å². The van der Waals surface area contributed by atoms with Crippen LogP contribution in [-0.2, 0) is 16.4 Å². The van der Waals surface area contributed by atoms with Crippen LogP contribution in [0.25, 0.3) is 0 Å². The van der Waals surface area contributed by atoms with E-state index in [9.17, 15) is 8.42 Å². The van der Waals surface area contributed by atoms with E-state index in [1.165, 1.54) is 0 Å². The van der Waals surface area contributed by atoms with E-state index in [0.717, 1.165) is 24.8 Å². The number of halogens is 1. The smallest absolute Gasteiger partial charge is 0.211 e. The first-order chi connectivity index (χ1) is 9.35. The Labute approximate surface area is 131 Å². The second-order valence-electron chi connectivity index (χ2n) is 5.47. The van der Waals surface area contributed by atoms with Crippen molar-refractivity contribution in [2.75, 3.05) is 6.54 Å². The first-order valence-electron chi connectivity index (χ1n) is 7.07. The Balaban J connectivity index is 2.69. The second kappa shape index (κ2) is 8.15. The van der Waals surface area contributed by atoms with Crippen molar-refractivity contribution >= 4 is 26.0 Å². The summed E-state index contributed by atoms with van der Waals surface area (Å²) in [7, 11) is -3.35. The molecule has 3 nitrogen and oxygen atoms in total. The van der Waals surface area contributed by atoms with Crippen molar-refractivity contribution in [1.29, 1.82) is 0 Å². The number of rotatable bonds is 8. The number of hydrogen-bond donors (Lipinski definition) is 1.